The van der Waals surface area contributed by atoms with Gasteiger partial charge in [0.2, 0.25) is 15.8 Å². The third-order valence-corrected chi connectivity index (χ3v) is 5.65. The molecule has 0 saturated carbocycles. The van der Waals surface area contributed by atoms with Crippen molar-refractivity contribution in [3.05, 3.63) is 54.1 Å². The molecule has 0 heterocycles. The minimum atomic E-state index is -3.95. The third-order valence-electron chi connectivity index (χ3n) is 4.09. The van der Waals surface area contributed by atoms with Crippen molar-refractivity contribution in [2.75, 3.05) is 14.2 Å². The molecule has 0 aromatic heterocycles. The lowest BCUT2D eigenvalue weighted by molar-refractivity contribution is -0.147. The molecule has 2 aromatic carbocycles. The van der Waals surface area contributed by atoms with E-state index in [-0.39, 0.29) is 4.90 Å². The maximum absolute atomic E-state index is 12.4. The van der Waals surface area contributed by atoms with Crippen molar-refractivity contribution in [1.82, 2.24) is 4.72 Å². The highest BCUT2D eigenvalue weighted by atomic mass is 32.2. The summed E-state index contributed by atoms with van der Waals surface area (Å²) in [4.78, 5) is 24.6. The summed E-state index contributed by atoms with van der Waals surface area (Å²) in [6.07, 6.45) is -1.08. The van der Waals surface area contributed by atoms with E-state index < -0.39 is 33.9 Å². The Balaban J connectivity index is 2.00. The Morgan fingerprint density at radius 1 is 0.862 bits per heavy atom. The van der Waals surface area contributed by atoms with Gasteiger partial charge in [-0.25, -0.2) is 8.42 Å². The fraction of sp³-hybridized carbons (Fsp3) is 0.300. The van der Waals surface area contributed by atoms with Crippen LogP contribution in [0.25, 0.3) is 0 Å². The number of Topliss-reactive ketones (excluding diaryl/α,β-unsaturated/α-hetero) is 1. The molecule has 0 spiro atoms. The van der Waals surface area contributed by atoms with E-state index in [0.717, 1.165) is 0 Å². The first-order valence-electron chi connectivity index (χ1n) is 8.73. The van der Waals surface area contributed by atoms with E-state index in [1.807, 2.05) is 0 Å². The number of methoxy groups -OCH3 is 2. The molecule has 0 amide bonds. The van der Waals surface area contributed by atoms with Gasteiger partial charge in [0.25, 0.3) is 0 Å². The molecule has 156 valence electrons. The summed E-state index contributed by atoms with van der Waals surface area (Å²) in [5.74, 6) is -0.183. The number of hydrogen-bond donors (Lipinski definition) is 1. The van der Waals surface area contributed by atoms with Gasteiger partial charge in [0.05, 0.1) is 19.1 Å². The lowest BCUT2D eigenvalue weighted by Crippen LogP contribution is -2.41. The number of ether oxygens (including phenoxy) is 3. The minimum Gasteiger partial charge on any atom is -0.497 e. The predicted octanol–water partition coefficient (Wildman–Crippen LogP) is 2.19. The first-order chi connectivity index (χ1) is 13.7. The Kier molecular flexibility index (Phi) is 7.35. The average molecular weight is 421 g/mol. The van der Waals surface area contributed by atoms with Crippen LogP contribution in [0.1, 0.15) is 24.2 Å². The molecule has 2 rings (SSSR count). The summed E-state index contributed by atoms with van der Waals surface area (Å²) in [6, 6.07) is 10.9. The van der Waals surface area contributed by atoms with Gasteiger partial charge >= 0.3 is 5.97 Å². The van der Waals surface area contributed by atoms with Gasteiger partial charge in [-0.1, -0.05) is 0 Å². The molecule has 8 nitrogen and oxygen atoms in total. The fourth-order valence-corrected chi connectivity index (χ4v) is 3.62. The van der Waals surface area contributed by atoms with Gasteiger partial charge in [0.15, 0.2) is 6.10 Å². The molecule has 9 heteroatoms. The van der Waals surface area contributed by atoms with Crippen molar-refractivity contribution >= 4 is 21.8 Å². The van der Waals surface area contributed by atoms with Crippen molar-refractivity contribution in [3.8, 4) is 11.5 Å². The van der Waals surface area contributed by atoms with Crippen LogP contribution in [-0.4, -0.2) is 46.5 Å². The number of carbonyl (C=O) groups is 2. The second-order valence-corrected chi connectivity index (χ2v) is 7.90. The van der Waals surface area contributed by atoms with E-state index in [9.17, 15) is 18.0 Å². The molecule has 1 N–H and O–H groups in total. The highest BCUT2D eigenvalue weighted by molar-refractivity contribution is 7.89. The number of sulfonamides is 1. The number of ketones is 1. The average Bonchev–Trinajstić information content (AvgIpc) is 2.72. The quantitative estimate of drug-likeness (QED) is 0.488. The van der Waals surface area contributed by atoms with Crippen LogP contribution in [0.2, 0.25) is 0 Å². The summed E-state index contributed by atoms with van der Waals surface area (Å²) in [6.45, 7) is 2.77. The highest BCUT2D eigenvalue weighted by Gasteiger charge is 2.27. The van der Waals surface area contributed by atoms with Crippen molar-refractivity contribution in [1.29, 1.82) is 0 Å². The molecule has 0 bridgehead atoms. The molecule has 0 saturated heterocycles. The van der Waals surface area contributed by atoms with Gasteiger partial charge < -0.3 is 14.2 Å². The van der Waals surface area contributed by atoms with E-state index in [0.29, 0.717) is 17.1 Å². The van der Waals surface area contributed by atoms with Gasteiger partial charge in [-0.05, 0) is 62.4 Å². The van der Waals surface area contributed by atoms with E-state index in [4.69, 9.17) is 14.2 Å². The minimum absolute atomic E-state index is 0.0275. The monoisotopic (exact) mass is 421 g/mol. The topological polar surface area (TPSA) is 108 Å². The Morgan fingerprint density at radius 3 is 1.83 bits per heavy atom. The molecule has 0 aliphatic carbocycles. The molecular weight excluding hydrogens is 398 g/mol. The molecule has 29 heavy (non-hydrogen) atoms. The van der Waals surface area contributed by atoms with Crippen LogP contribution in [-0.2, 0) is 19.6 Å². The van der Waals surface area contributed by atoms with E-state index in [2.05, 4.69) is 4.72 Å². The van der Waals surface area contributed by atoms with E-state index in [1.165, 1.54) is 52.3 Å². The molecule has 0 aliphatic rings. The van der Waals surface area contributed by atoms with Crippen LogP contribution in [0, 0.1) is 0 Å². The number of hydrogen-bond acceptors (Lipinski definition) is 7. The zero-order valence-electron chi connectivity index (χ0n) is 16.5. The molecule has 0 radical (unpaired) electrons. The van der Waals surface area contributed by atoms with Crippen LogP contribution in [0.5, 0.6) is 11.5 Å². The number of rotatable bonds is 9. The molecule has 2 atom stereocenters. The molecule has 0 aliphatic heterocycles. The van der Waals surface area contributed by atoms with Crippen molar-refractivity contribution in [2.45, 2.75) is 30.9 Å². The first kappa shape index (κ1) is 22.4. The molecule has 0 fully saturated rings. The SMILES string of the molecule is COc1ccc(C(=O)[C@H](C)OC(=O)[C@H](C)NS(=O)(=O)c2ccc(OC)cc2)cc1. The van der Waals surface area contributed by atoms with Crippen molar-refractivity contribution in [2.24, 2.45) is 0 Å². The Labute approximate surface area is 169 Å². The van der Waals surface area contributed by atoms with Crippen LogP contribution < -0.4 is 14.2 Å². The van der Waals surface area contributed by atoms with Crippen LogP contribution in [0.4, 0.5) is 0 Å². The maximum Gasteiger partial charge on any atom is 0.324 e. The van der Waals surface area contributed by atoms with Crippen molar-refractivity contribution in [3.63, 3.8) is 0 Å². The molecule has 2 aromatic rings. The second kappa shape index (κ2) is 9.53. The lowest BCUT2D eigenvalue weighted by Gasteiger charge is -2.17. The number of esters is 1. The Bertz CT molecular complexity index is 953. The van der Waals surface area contributed by atoms with Crippen LogP contribution >= 0.6 is 0 Å². The number of nitrogens with one attached hydrogen (secondary N) is 1. The first-order valence-corrected chi connectivity index (χ1v) is 10.2. The summed E-state index contributed by atoms with van der Waals surface area (Å²) in [7, 11) is -0.975. The van der Waals surface area contributed by atoms with Crippen molar-refractivity contribution < 1.29 is 32.2 Å². The van der Waals surface area contributed by atoms with Gasteiger partial charge in [-0.3, -0.25) is 9.59 Å². The Morgan fingerprint density at radius 2 is 1.34 bits per heavy atom. The smallest absolute Gasteiger partial charge is 0.324 e. The third kappa shape index (κ3) is 5.78. The van der Waals surface area contributed by atoms with Crippen LogP contribution in [0.15, 0.2) is 53.4 Å². The number of benzene rings is 2. The second-order valence-electron chi connectivity index (χ2n) is 6.19. The fourth-order valence-electron chi connectivity index (χ4n) is 2.42. The number of carbonyl (C=O) groups excluding carboxylic acids is 2. The molecular formula is C20H23NO7S. The Hall–Kier alpha value is -2.91. The largest absolute Gasteiger partial charge is 0.497 e. The summed E-state index contributed by atoms with van der Waals surface area (Å²) < 4.78 is 42.2. The summed E-state index contributed by atoms with van der Waals surface area (Å²) in [5, 5.41) is 0. The van der Waals surface area contributed by atoms with Gasteiger partial charge in [-0.15, -0.1) is 0 Å². The zero-order valence-corrected chi connectivity index (χ0v) is 17.4. The van der Waals surface area contributed by atoms with E-state index in [1.54, 1.807) is 24.3 Å². The zero-order chi connectivity index (χ0) is 21.6. The summed E-state index contributed by atoms with van der Waals surface area (Å²) in [5.41, 5.74) is 0.345. The van der Waals surface area contributed by atoms with Gasteiger partial charge in [0.1, 0.15) is 17.5 Å². The highest BCUT2D eigenvalue weighted by Crippen LogP contribution is 2.17. The maximum atomic E-state index is 12.4. The predicted molar refractivity (Wildman–Crippen MR) is 106 cm³/mol. The summed E-state index contributed by atoms with van der Waals surface area (Å²) >= 11 is 0. The van der Waals surface area contributed by atoms with Gasteiger partial charge in [-0.2, -0.15) is 4.72 Å². The molecule has 0 unspecified atom stereocenters. The standard InChI is InChI=1S/C20H23NO7S/c1-13(21-29(24,25)18-11-9-17(27-4)10-12-18)20(23)28-14(2)19(22)15-5-7-16(26-3)8-6-15/h5-14,21H,1-4H3/t13-,14-/m0/s1. The van der Waals surface area contributed by atoms with E-state index >= 15 is 0 Å². The normalized spacial score (nSPS) is 13.2. The van der Waals surface area contributed by atoms with Gasteiger partial charge in [0, 0.05) is 5.56 Å². The lowest BCUT2D eigenvalue weighted by atomic mass is 10.1. The van der Waals surface area contributed by atoms with Crippen LogP contribution in [0.3, 0.4) is 0 Å².